The number of para-hydroxylation sites is 1. The minimum absolute atomic E-state index is 0.00875. The summed E-state index contributed by atoms with van der Waals surface area (Å²) in [5.41, 5.74) is 3.81. The number of fused-ring (bicyclic) bond motifs is 1. The van der Waals surface area contributed by atoms with Crippen LogP contribution in [0.2, 0.25) is 0 Å². The van der Waals surface area contributed by atoms with E-state index in [0.29, 0.717) is 12.1 Å². The van der Waals surface area contributed by atoms with Crippen molar-refractivity contribution in [2.75, 3.05) is 25.1 Å². The Kier molecular flexibility index (Phi) is 4.11. The lowest BCUT2D eigenvalue weighted by atomic mass is 10.1. The molecule has 2 aromatic carbocycles. The Labute approximate surface area is 130 Å². The van der Waals surface area contributed by atoms with Crippen molar-refractivity contribution >= 4 is 11.6 Å². The molecular formula is C18H20N2O2. The lowest BCUT2D eigenvalue weighted by Gasteiger charge is -2.23. The van der Waals surface area contributed by atoms with E-state index in [0.717, 1.165) is 35.7 Å². The third-order valence-electron chi connectivity index (χ3n) is 4.01. The van der Waals surface area contributed by atoms with Crippen LogP contribution in [0, 0.1) is 6.92 Å². The van der Waals surface area contributed by atoms with Crippen LogP contribution in [-0.2, 0) is 6.54 Å². The number of rotatable bonds is 2. The molecule has 4 nitrogen and oxygen atoms in total. The van der Waals surface area contributed by atoms with E-state index in [9.17, 15) is 4.79 Å². The number of methoxy groups -OCH3 is 1. The van der Waals surface area contributed by atoms with E-state index in [1.807, 2.05) is 48.2 Å². The topological polar surface area (TPSA) is 41.6 Å². The number of anilines is 1. The highest BCUT2D eigenvalue weighted by Gasteiger charge is 2.22. The predicted molar refractivity (Wildman–Crippen MR) is 87.6 cm³/mol. The summed E-state index contributed by atoms with van der Waals surface area (Å²) in [5.74, 6) is 0.751. The molecule has 0 saturated heterocycles. The summed E-state index contributed by atoms with van der Waals surface area (Å²) in [5, 5.41) is 3.35. The number of carbonyl (C=O) groups is 1. The summed E-state index contributed by atoms with van der Waals surface area (Å²) in [6.45, 7) is 4.20. The van der Waals surface area contributed by atoms with Crippen LogP contribution in [0.5, 0.6) is 5.75 Å². The first kappa shape index (κ1) is 14.6. The van der Waals surface area contributed by atoms with Crippen LogP contribution in [0.3, 0.4) is 0 Å². The molecule has 1 amide bonds. The largest absolute Gasteiger partial charge is 0.496 e. The molecule has 0 aliphatic carbocycles. The van der Waals surface area contributed by atoms with Crippen molar-refractivity contribution < 1.29 is 9.53 Å². The summed E-state index contributed by atoms with van der Waals surface area (Å²) < 4.78 is 5.33. The van der Waals surface area contributed by atoms with Crippen LogP contribution in [0.1, 0.15) is 21.5 Å². The average Bonchev–Trinajstić information content (AvgIpc) is 2.77. The highest BCUT2D eigenvalue weighted by Crippen LogP contribution is 2.26. The number of carbonyl (C=O) groups excluding carboxylic acids is 1. The number of benzene rings is 2. The number of aryl methyl sites for hydroxylation is 1. The molecule has 0 unspecified atom stereocenters. The Morgan fingerprint density at radius 3 is 2.86 bits per heavy atom. The maximum absolute atomic E-state index is 12.9. The van der Waals surface area contributed by atoms with E-state index in [2.05, 4.69) is 11.4 Å². The molecule has 0 radical (unpaired) electrons. The van der Waals surface area contributed by atoms with E-state index in [-0.39, 0.29) is 5.91 Å². The van der Waals surface area contributed by atoms with Gasteiger partial charge in [0, 0.05) is 30.9 Å². The van der Waals surface area contributed by atoms with Gasteiger partial charge in [0.05, 0.1) is 7.11 Å². The molecule has 3 rings (SSSR count). The summed E-state index contributed by atoms with van der Waals surface area (Å²) in [7, 11) is 1.63. The zero-order valence-electron chi connectivity index (χ0n) is 12.9. The van der Waals surface area contributed by atoms with Gasteiger partial charge in [0.25, 0.3) is 5.91 Å². The molecule has 1 heterocycles. The van der Waals surface area contributed by atoms with Crippen molar-refractivity contribution in [3.05, 3.63) is 59.2 Å². The molecule has 1 aliphatic rings. The molecule has 2 aromatic rings. The third-order valence-corrected chi connectivity index (χ3v) is 4.01. The second-order valence-corrected chi connectivity index (χ2v) is 5.45. The second kappa shape index (κ2) is 6.20. The average molecular weight is 296 g/mol. The fourth-order valence-electron chi connectivity index (χ4n) is 2.78. The molecule has 0 spiro atoms. The zero-order valence-corrected chi connectivity index (χ0v) is 12.9. The number of nitrogens with one attached hydrogen (secondary N) is 1. The van der Waals surface area contributed by atoms with Crippen molar-refractivity contribution in [1.29, 1.82) is 0 Å². The van der Waals surface area contributed by atoms with Crippen LogP contribution in [0.4, 0.5) is 5.69 Å². The van der Waals surface area contributed by atoms with Gasteiger partial charge >= 0.3 is 0 Å². The lowest BCUT2D eigenvalue weighted by molar-refractivity contribution is 0.0987. The van der Waals surface area contributed by atoms with Gasteiger partial charge in [-0.05, 0) is 36.2 Å². The van der Waals surface area contributed by atoms with Gasteiger partial charge in [-0.25, -0.2) is 0 Å². The fourth-order valence-corrected chi connectivity index (χ4v) is 2.78. The number of hydrogen-bond acceptors (Lipinski definition) is 3. The van der Waals surface area contributed by atoms with Gasteiger partial charge in [-0.1, -0.05) is 24.3 Å². The van der Waals surface area contributed by atoms with E-state index in [1.54, 1.807) is 7.11 Å². The Bertz CT molecular complexity index is 697. The molecule has 1 N–H and O–H groups in total. The molecule has 0 aromatic heterocycles. The monoisotopic (exact) mass is 296 g/mol. The van der Waals surface area contributed by atoms with Crippen molar-refractivity contribution in [2.45, 2.75) is 13.5 Å². The Balaban J connectivity index is 1.98. The lowest BCUT2D eigenvalue weighted by Crippen LogP contribution is -2.34. The van der Waals surface area contributed by atoms with Gasteiger partial charge in [0.2, 0.25) is 0 Å². The summed E-state index contributed by atoms with van der Waals surface area (Å²) in [6, 6.07) is 13.6. The molecule has 4 heteroatoms. The second-order valence-electron chi connectivity index (χ2n) is 5.45. The molecule has 0 atom stereocenters. The highest BCUT2D eigenvalue weighted by molar-refractivity contribution is 6.06. The van der Waals surface area contributed by atoms with Crippen molar-refractivity contribution in [2.24, 2.45) is 0 Å². The van der Waals surface area contributed by atoms with Gasteiger partial charge in [-0.2, -0.15) is 0 Å². The van der Waals surface area contributed by atoms with E-state index in [4.69, 9.17) is 4.74 Å². The van der Waals surface area contributed by atoms with Crippen LogP contribution in [0.15, 0.2) is 42.5 Å². The van der Waals surface area contributed by atoms with Gasteiger partial charge in [-0.15, -0.1) is 0 Å². The standard InChI is InChI=1S/C18H20N2O2/c1-13-7-8-14(11-17(13)22-2)18(21)20-10-9-19-12-15-5-3-4-6-16(15)20/h3-8,11,19H,9-10,12H2,1-2H3. The maximum atomic E-state index is 12.9. The summed E-state index contributed by atoms with van der Waals surface area (Å²) >= 11 is 0. The molecule has 0 saturated carbocycles. The Hall–Kier alpha value is -2.33. The first-order valence-corrected chi connectivity index (χ1v) is 7.46. The van der Waals surface area contributed by atoms with Crippen LogP contribution >= 0.6 is 0 Å². The third kappa shape index (κ3) is 2.70. The normalized spacial score (nSPS) is 14.2. The van der Waals surface area contributed by atoms with E-state index in [1.165, 1.54) is 0 Å². The molecular weight excluding hydrogens is 276 g/mol. The summed E-state index contributed by atoms with van der Waals surface area (Å²) in [4.78, 5) is 14.8. The zero-order chi connectivity index (χ0) is 15.5. The Morgan fingerprint density at radius 1 is 1.23 bits per heavy atom. The number of amides is 1. The highest BCUT2D eigenvalue weighted by atomic mass is 16.5. The summed E-state index contributed by atoms with van der Waals surface area (Å²) in [6.07, 6.45) is 0. The number of hydrogen-bond donors (Lipinski definition) is 1. The smallest absolute Gasteiger partial charge is 0.258 e. The van der Waals surface area contributed by atoms with Gasteiger partial charge in [0.15, 0.2) is 0 Å². The van der Waals surface area contributed by atoms with Crippen LogP contribution in [0.25, 0.3) is 0 Å². The molecule has 0 bridgehead atoms. The predicted octanol–water partition coefficient (Wildman–Crippen LogP) is 2.75. The van der Waals surface area contributed by atoms with Crippen molar-refractivity contribution in [1.82, 2.24) is 5.32 Å². The Morgan fingerprint density at radius 2 is 2.05 bits per heavy atom. The van der Waals surface area contributed by atoms with E-state index < -0.39 is 0 Å². The molecule has 0 fully saturated rings. The van der Waals surface area contributed by atoms with Crippen LogP contribution in [-0.4, -0.2) is 26.1 Å². The van der Waals surface area contributed by atoms with Gasteiger partial charge < -0.3 is 15.0 Å². The maximum Gasteiger partial charge on any atom is 0.258 e. The van der Waals surface area contributed by atoms with Crippen LogP contribution < -0.4 is 15.0 Å². The molecule has 114 valence electrons. The van der Waals surface area contributed by atoms with E-state index >= 15 is 0 Å². The fraction of sp³-hybridized carbons (Fsp3) is 0.278. The molecule has 22 heavy (non-hydrogen) atoms. The minimum Gasteiger partial charge on any atom is -0.496 e. The first-order valence-electron chi connectivity index (χ1n) is 7.46. The SMILES string of the molecule is COc1cc(C(=O)N2CCNCc3ccccc32)ccc1C. The minimum atomic E-state index is 0.00875. The first-order chi connectivity index (χ1) is 10.7. The van der Waals surface area contributed by atoms with Gasteiger partial charge in [-0.3, -0.25) is 4.79 Å². The van der Waals surface area contributed by atoms with Gasteiger partial charge in [0.1, 0.15) is 5.75 Å². The van der Waals surface area contributed by atoms with Crippen molar-refractivity contribution in [3.8, 4) is 5.75 Å². The number of ether oxygens (including phenoxy) is 1. The molecule has 1 aliphatic heterocycles. The quantitative estimate of drug-likeness (QED) is 0.926. The van der Waals surface area contributed by atoms with Crippen molar-refractivity contribution in [3.63, 3.8) is 0 Å². The number of nitrogens with zero attached hydrogens (tertiary/aromatic N) is 1.